The first-order valence-corrected chi connectivity index (χ1v) is 7.84. The van der Waals surface area contributed by atoms with Crippen LogP contribution in [0, 0.1) is 6.92 Å². The summed E-state index contributed by atoms with van der Waals surface area (Å²) in [6, 6.07) is 1.10. The van der Waals surface area contributed by atoms with E-state index < -0.39 is 27.9 Å². The normalized spacial score (nSPS) is 11.9. The molecule has 0 unspecified atom stereocenters. The van der Waals surface area contributed by atoms with Crippen LogP contribution in [0.2, 0.25) is 0 Å². The molecular formula is C9H10ClF2NO3S2. The quantitative estimate of drug-likeness (QED) is 0.801. The molecule has 1 heterocycles. The highest BCUT2D eigenvalue weighted by Gasteiger charge is 2.23. The van der Waals surface area contributed by atoms with Gasteiger partial charge in [0.05, 0.1) is 16.3 Å². The van der Waals surface area contributed by atoms with Gasteiger partial charge < -0.3 is 4.90 Å². The Kier molecular flexibility index (Phi) is 4.68. The molecule has 1 aromatic heterocycles. The number of amides is 1. The largest absolute Gasteiger partial charge is 0.335 e. The zero-order valence-electron chi connectivity index (χ0n) is 9.48. The summed E-state index contributed by atoms with van der Waals surface area (Å²) in [5.41, 5.74) is 0. The fourth-order valence-corrected chi connectivity index (χ4v) is 3.95. The summed E-state index contributed by atoms with van der Waals surface area (Å²) >= 11 is 0.905. The first-order valence-electron chi connectivity index (χ1n) is 4.71. The third-order valence-corrected chi connectivity index (χ3v) is 4.72. The van der Waals surface area contributed by atoms with E-state index in [0.717, 1.165) is 22.3 Å². The molecular weight excluding hydrogens is 308 g/mol. The minimum atomic E-state index is -3.93. The molecule has 0 saturated carbocycles. The standard InChI is InChI=1S/C9H10ClF2NO3S2/c1-5-7(18(10,15)16)3-6(17-5)9(14)13(2)4-8(11)12/h3,8H,4H2,1-2H3. The molecule has 0 aliphatic rings. The lowest BCUT2D eigenvalue weighted by molar-refractivity contribution is 0.0624. The maximum atomic E-state index is 12.1. The molecule has 0 atom stereocenters. The fourth-order valence-electron chi connectivity index (χ4n) is 1.29. The number of hydrogen-bond donors (Lipinski definition) is 0. The summed E-state index contributed by atoms with van der Waals surface area (Å²) in [7, 11) is 2.47. The summed E-state index contributed by atoms with van der Waals surface area (Å²) in [4.78, 5) is 12.8. The number of aryl methyl sites for hydroxylation is 1. The van der Waals surface area contributed by atoms with Crippen LogP contribution < -0.4 is 0 Å². The van der Waals surface area contributed by atoms with Crippen molar-refractivity contribution in [2.75, 3.05) is 13.6 Å². The summed E-state index contributed by atoms with van der Waals surface area (Å²) in [6.45, 7) is 0.780. The molecule has 0 fully saturated rings. The van der Waals surface area contributed by atoms with Crippen molar-refractivity contribution < 1.29 is 22.0 Å². The second kappa shape index (κ2) is 5.50. The minimum Gasteiger partial charge on any atom is -0.335 e. The molecule has 1 aromatic rings. The molecule has 0 bridgehead atoms. The average Bonchev–Trinajstić information content (AvgIpc) is 2.57. The number of halogens is 3. The molecule has 0 radical (unpaired) electrons. The Balaban J connectivity index is 3.02. The first kappa shape index (κ1) is 15.3. The molecule has 0 saturated heterocycles. The highest BCUT2D eigenvalue weighted by Crippen LogP contribution is 2.28. The van der Waals surface area contributed by atoms with Gasteiger partial charge >= 0.3 is 0 Å². The predicted octanol–water partition coefficient (Wildman–Crippen LogP) is 2.32. The van der Waals surface area contributed by atoms with Crippen molar-refractivity contribution in [3.05, 3.63) is 15.8 Å². The molecule has 0 N–H and O–H groups in total. The van der Waals surface area contributed by atoms with Gasteiger partial charge in [0.15, 0.2) is 0 Å². The number of hydrogen-bond acceptors (Lipinski definition) is 4. The van der Waals surface area contributed by atoms with E-state index in [1.165, 1.54) is 14.0 Å². The van der Waals surface area contributed by atoms with Gasteiger partial charge in [0, 0.05) is 22.6 Å². The molecule has 18 heavy (non-hydrogen) atoms. The van der Waals surface area contributed by atoms with Crippen LogP contribution in [0.3, 0.4) is 0 Å². The van der Waals surface area contributed by atoms with E-state index in [4.69, 9.17) is 10.7 Å². The summed E-state index contributed by atoms with van der Waals surface area (Å²) in [5.74, 6) is -0.657. The second-order valence-corrected chi connectivity index (χ2v) is 7.34. The van der Waals surface area contributed by atoms with E-state index >= 15 is 0 Å². The zero-order valence-corrected chi connectivity index (χ0v) is 11.9. The van der Waals surface area contributed by atoms with Crippen molar-refractivity contribution in [2.45, 2.75) is 18.2 Å². The van der Waals surface area contributed by atoms with Crippen LogP contribution in [-0.2, 0) is 9.05 Å². The minimum absolute atomic E-state index is 0.0647. The van der Waals surface area contributed by atoms with Gasteiger partial charge in [-0.15, -0.1) is 11.3 Å². The molecule has 9 heteroatoms. The SMILES string of the molecule is Cc1sc(C(=O)N(C)CC(F)F)cc1S(=O)(=O)Cl. The van der Waals surface area contributed by atoms with Crippen LogP contribution in [0.15, 0.2) is 11.0 Å². The highest BCUT2D eigenvalue weighted by atomic mass is 35.7. The van der Waals surface area contributed by atoms with E-state index in [1.807, 2.05) is 0 Å². The average molecular weight is 318 g/mol. The van der Waals surface area contributed by atoms with Crippen molar-refractivity contribution >= 4 is 37.0 Å². The van der Waals surface area contributed by atoms with Gasteiger partial charge in [-0.05, 0) is 13.0 Å². The van der Waals surface area contributed by atoms with Gasteiger partial charge in [-0.25, -0.2) is 17.2 Å². The number of rotatable bonds is 4. The van der Waals surface area contributed by atoms with Crippen molar-refractivity contribution in [1.82, 2.24) is 4.90 Å². The predicted molar refractivity (Wildman–Crippen MR) is 65.1 cm³/mol. The number of carbonyl (C=O) groups excluding carboxylic acids is 1. The van der Waals surface area contributed by atoms with Gasteiger partial charge in [-0.3, -0.25) is 4.79 Å². The van der Waals surface area contributed by atoms with Gasteiger partial charge in [0.1, 0.15) is 0 Å². The molecule has 0 aliphatic heterocycles. The zero-order chi connectivity index (χ0) is 14.1. The van der Waals surface area contributed by atoms with Crippen LogP contribution in [0.5, 0.6) is 0 Å². The highest BCUT2D eigenvalue weighted by molar-refractivity contribution is 8.13. The van der Waals surface area contributed by atoms with Crippen molar-refractivity contribution in [3.8, 4) is 0 Å². The maximum absolute atomic E-state index is 12.1. The Morgan fingerprint density at radius 3 is 2.50 bits per heavy atom. The molecule has 0 aliphatic carbocycles. The maximum Gasteiger partial charge on any atom is 0.263 e. The molecule has 0 spiro atoms. The van der Waals surface area contributed by atoms with Crippen LogP contribution in [0.4, 0.5) is 8.78 Å². The van der Waals surface area contributed by atoms with Gasteiger partial charge in [0.2, 0.25) is 0 Å². The molecule has 0 aromatic carbocycles. The monoisotopic (exact) mass is 317 g/mol. The van der Waals surface area contributed by atoms with E-state index in [-0.39, 0.29) is 9.77 Å². The van der Waals surface area contributed by atoms with Crippen molar-refractivity contribution in [2.24, 2.45) is 0 Å². The lowest BCUT2D eigenvalue weighted by Gasteiger charge is -2.14. The molecule has 1 rings (SSSR count). The van der Waals surface area contributed by atoms with Gasteiger partial charge in [-0.2, -0.15) is 0 Å². The molecule has 1 amide bonds. The van der Waals surface area contributed by atoms with Gasteiger partial charge in [-0.1, -0.05) is 0 Å². The fraction of sp³-hybridized carbons (Fsp3) is 0.444. The van der Waals surface area contributed by atoms with Gasteiger partial charge in [0.25, 0.3) is 21.4 Å². The third-order valence-electron chi connectivity index (χ3n) is 2.10. The topological polar surface area (TPSA) is 54.5 Å². The van der Waals surface area contributed by atoms with E-state index in [2.05, 4.69) is 0 Å². The Hall–Kier alpha value is -0.730. The van der Waals surface area contributed by atoms with Crippen molar-refractivity contribution in [1.29, 1.82) is 0 Å². The van der Waals surface area contributed by atoms with E-state index in [1.54, 1.807) is 0 Å². The first-order chi connectivity index (χ1) is 8.12. The second-order valence-electron chi connectivity index (χ2n) is 3.55. The summed E-state index contributed by atoms with van der Waals surface area (Å²) in [6.07, 6.45) is -2.64. The van der Waals surface area contributed by atoms with Crippen LogP contribution >= 0.6 is 22.0 Å². The number of carbonyl (C=O) groups is 1. The third kappa shape index (κ3) is 3.63. The molecule has 102 valence electrons. The van der Waals surface area contributed by atoms with Crippen LogP contribution in [0.25, 0.3) is 0 Å². The van der Waals surface area contributed by atoms with E-state index in [9.17, 15) is 22.0 Å². The summed E-state index contributed by atoms with van der Waals surface area (Å²) in [5, 5.41) is 0. The lowest BCUT2D eigenvalue weighted by Crippen LogP contribution is -2.30. The number of thiophene rings is 1. The lowest BCUT2D eigenvalue weighted by atomic mass is 10.4. The van der Waals surface area contributed by atoms with Crippen LogP contribution in [-0.4, -0.2) is 39.2 Å². The Morgan fingerprint density at radius 2 is 2.11 bits per heavy atom. The van der Waals surface area contributed by atoms with Crippen molar-refractivity contribution in [3.63, 3.8) is 0 Å². The number of nitrogens with zero attached hydrogens (tertiary/aromatic N) is 1. The molecule has 4 nitrogen and oxygen atoms in total. The summed E-state index contributed by atoms with van der Waals surface area (Å²) < 4.78 is 46.6. The Bertz CT molecular complexity index is 556. The van der Waals surface area contributed by atoms with Crippen LogP contribution in [0.1, 0.15) is 14.5 Å². The number of alkyl halides is 2. The Labute approximate surface area is 112 Å². The van der Waals surface area contributed by atoms with E-state index in [0.29, 0.717) is 4.88 Å². The Morgan fingerprint density at radius 1 is 1.56 bits per heavy atom. The smallest absolute Gasteiger partial charge is 0.263 e.